The Hall–Kier alpha value is -1.24. The van der Waals surface area contributed by atoms with E-state index in [1.165, 1.54) is 5.56 Å². The Balaban J connectivity index is 2.62. The second-order valence-electron chi connectivity index (χ2n) is 2.93. The van der Waals surface area contributed by atoms with E-state index in [1.807, 2.05) is 24.3 Å². The fourth-order valence-corrected chi connectivity index (χ4v) is 1.54. The molecule has 0 heterocycles. The van der Waals surface area contributed by atoms with Crippen LogP contribution < -0.4 is 0 Å². The van der Waals surface area contributed by atoms with E-state index in [9.17, 15) is 5.11 Å². The molecule has 0 unspecified atom stereocenters. The molecule has 1 nitrogen and oxygen atoms in total. The predicted octanol–water partition coefficient (Wildman–Crippen LogP) is 2.70. The van der Waals surface area contributed by atoms with Gasteiger partial charge in [-0.3, -0.25) is 0 Å². The SMILES string of the molecule is C[C@H]1C=C(O)c2ccccc21. The second kappa shape index (κ2) is 2.12. The first-order valence-electron chi connectivity index (χ1n) is 3.79. The maximum atomic E-state index is 9.41. The van der Waals surface area contributed by atoms with E-state index in [2.05, 4.69) is 13.0 Å². The summed E-state index contributed by atoms with van der Waals surface area (Å²) in [6, 6.07) is 7.95. The van der Waals surface area contributed by atoms with Gasteiger partial charge in [-0.25, -0.2) is 0 Å². The summed E-state index contributed by atoms with van der Waals surface area (Å²) >= 11 is 0. The number of rotatable bonds is 0. The highest BCUT2D eigenvalue weighted by Gasteiger charge is 2.17. The zero-order chi connectivity index (χ0) is 7.84. The third-order valence-electron chi connectivity index (χ3n) is 2.14. The highest BCUT2D eigenvalue weighted by atomic mass is 16.3. The maximum Gasteiger partial charge on any atom is 0.119 e. The first-order valence-corrected chi connectivity index (χ1v) is 3.79. The number of aliphatic hydroxyl groups is 1. The van der Waals surface area contributed by atoms with E-state index in [4.69, 9.17) is 0 Å². The Kier molecular flexibility index (Phi) is 1.25. The molecule has 1 heteroatoms. The molecule has 0 saturated carbocycles. The van der Waals surface area contributed by atoms with Gasteiger partial charge in [-0.1, -0.05) is 31.2 Å². The van der Waals surface area contributed by atoms with Gasteiger partial charge in [-0.2, -0.15) is 0 Å². The minimum atomic E-state index is 0.367. The van der Waals surface area contributed by atoms with Crippen LogP contribution in [-0.4, -0.2) is 5.11 Å². The molecule has 0 spiro atoms. The normalized spacial score (nSPS) is 21.2. The van der Waals surface area contributed by atoms with Crippen LogP contribution >= 0.6 is 0 Å². The average Bonchev–Trinajstić information content (AvgIpc) is 2.30. The molecule has 0 aliphatic heterocycles. The lowest BCUT2D eigenvalue weighted by atomic mass is 10.0. The molecule has 11 heavy (non-hydrogen) atoms. The lowest BCUT2D eigenvalue weighted by Gasteiger charge is -2.01. The summed E-state index contributed by atoms with van der Waals surface area (Å²) in [6.45, 7) is 2.09. The van der Waals surface area contributed by atoms with Gasteiger partial charge >= 0.3 is 0 Å². The van der Waals surface area contributed by atoms with Crippen LogP contribution in [0.1, 0.15) is 24.0 Å². The van der Waals surface area contributed by atoms with Gasteiger partial charge < -0.3 is 5.11 Å². The number of allylic oxidation sites excluding steroid dienone is 1. The number of benzene rings is 1. The molecular formula is C10H10O. The van der Waals surface area contributed by atoms with Gasteiger partial charge in [0.25, 0.3) is 0 Å². The molecule has 1 aliphatic carbocycles. The van der Waals surface area contributed by atoms with Crippen molar-refractivity contribution in [1.29, 1.82) is 0 Å². The minimum Gasteiger partial charge on any atom is -0.508 e. The molecule has 1 N–H and O–H groups in total. The summed E-state index contributed by atoms with van der Waals surface area (Å²) in [5.41, 5.74) is 2.21. The quantitative estimate of drug-likeness (QED) is 0.596. The van der Waals surface area contributed by atoms with E-state index in [0.29, 0.717) is 11.7 Å². The molecule has 0 fully saturated rings. The molecule has 1 aromatic rings. The van der Waals surface area contributed by atoms with Crippen molar-refractivity contribution in [3.8, 4) is 0 Å². The molecule has 2 rings (SSSR count). The molecule has 0 amide bonds. The van der Waals surface area contributed by atoms with Gasteiger partial charge in [-0.05, 0) is 11.6 Å². The van der Waals surface area contributed by atoms with E-state index >= 15 is 0 Å². The van der Waals surface area contributed by atoms with Gasteiger partial charge in [0, 0.05) is 11.5 Å². The number of hydrogen-bond donors (Lipinski definition) is 1. The number of fused-ring (bicyclic) bond motifs is 1. The van der Waals surface area contributed by atoms with E-state index in [-0.39, 0.29) is 0 Å². The molecule has 0 radical (unpaired) electrons. The molecular weight excluding hydrogens is 136 g/mol. The summed E-state index contributed by atoms with van der Waals surface area (Å²) in [5, 5.41) is 9.41. The van der Waals surface area contributed by atoms with E-state index in [1.54, 1.807) is 0 Å². The zero-order valence-corrected chi connectivity index (χ0v) is 6.41. The highest BCUT2D eigenvalue weighted by molar-refractivity contribution is 5.68. The summed E-state index contributed by atoms with van der Waals surface area (Å²) in [7, 11) is 0. The fraction of sp³-hybridized carbons (Fsp3) is 0.200. The van der Waals surface area contributed by atoms with Crippen LogP contribution in [0.4, 0.5) is 0 Å². The predicted molar refractivity (Wildman–Crippen MR) is 45.5 cm³/mol. The van der Waals surface area contributed by atoms with Crippen molar-refractivity contribution in [1.82, 2.24) is 0 Å². The zero-order valence-electron chi connectivity index (χ0n) is 6.41. The Morgan fingerprint density at radius 3 is 2.73 bits per heavy atom. The molecule has 1 aromatic carbocycles. The van der Waals surface area contributed by atoms with Crippen LogP contribution in [0.2, 0.25) is 0 Å². The van der Waals surface area contributed by atoms with E-state index < -0.39 is 0 Å². The number of hydrogen-bond acceptors (Lipinski definition) is 1. The van der Waals surface area contributed by atoms with Crippen LogP contribution in [-0.2, 0) is 0 Å². The first kappa shape index (κ1) is 6.47. The lowest BCUT2D eigenvalue weighted by molar-refractivity contribution is 0.512. The summed E-state index contributed by atoms with van der Waals surface area (Å²) < 4.78 is 0. The molecule has 1 aliphatic rings. The van der Waals surface area contributed by atoms with Crippen molar-refractivity contribution in [2.45, 2.75) is 12.8 Å². The third-order valence-corrected chi connectivity index (χ3v) is 2.14. The second-order valence-corrected chi connectivity index (χ2v) is 2.93. The van der Waals surface area contributed by atoms with Gasteiger partial charge in [0.1, 0.15) is 5.76 Å². The average molecular weight is 146 g/mol. The van der Waals surface area contributed by atoms with Crippen molar-refractivity contribution >= 4 is 5.76 Å². The standard InChI is InChI=1S/C10H10O/c1-7-6-10(11)9-5-3-2-4-8(7)9/h2-7,11H,1H3/t7-/m0/s1. The van der Waals surface area contributed by atoms with Crippen LogP contribution in [0, 0.1) is 0 Å². The Labute approximate surface area is 66.0 Å². The molecule has 0 aromatic heterocycles. The fourth-order valence-electron chi connectivity index (χ4n) is 1.54. The van der Waals surface area contributed by atoms with Gasteiger partial charge in [-0.15, -0.1) is 0 Å². The number of aliphatic hydroxyl groups excluding tert-OH is 1. The summed E-state index contributed by atoms with van der Waals surface area (Å²) in [4.78, 5) is 0. The van der Waals surface area contributed by atoms with Crippen LogP contribution in [0.3, 0.4) is 0 Å². The van der Waals surface area contributed by atoms with Crippen molar-refractivity contribution in [3.63, 3.8) is 0 Å². The maximum absolute atomic E-state index is 9.41. The van der Waals surface area contributed by atoms with Crippen LogP contribution in [0.5, 0.6) is 0 Å². The topological polar surface area (TPSA) is 20.2 Å². The van der Waals surface area contributed by atoms with Crippen molar-refractivity contribution in [3.05, 3.63) is 41.5 Å². The largest absolute Gasteiger partial charge is 0.508 e. The summed E-state index contributed by atoms with van der Waals surface area (Å²) in [5.74, 6) is 0.791. The van der Waals surface area contributed by atoms with Gasteiger partial charge in [0.05, 0.1) is 0 Å². The summed E-state index contributed by atoms with van der Waals surface area (Å²) in [6.07, 6.45) is 1.88. The van der Waals surface area contributed by atoms with Crippen LogP contribution in [0.15, 0.2) is 30.3 Å². The van der Waals surface area contributed by atoms with Gasteiger partial charge in [0.2, 0.25) is 0 Å². The highest BCUT2D eigenvalue weighted by Crippen LogP contribution is 2.33. The van der Waals surface area contributed by atoms with Gasteiger partial charge in [0.15, 0.2) is 0 Å². The Morgan fingerprint density at radius 2 is 2.00 bits per heavy atom. The van der Waals surface area contributed by atoms with Crippen molar-refractivity contribution < 1.29 is 5.11 Å². The van der Waals surface area contributed by atoms with Crippen LogP contribution in [0.25, 0.3) is 5.76 Å². The Morgan fingerprint density at radius 1 is 1.27 bits per heavy atom. The molecule has 1 atom stereocenters. The molecule has 56 valence electrons. The minimum absolute atomic E-state index is 0.367. The first-order chi connectivity index (χ1) is 5.29. The van der Waals surface area contributed by atoms with Crippen molar-refractivity contribution in [2.24, 2.45) is 0 Å². The Bertz CT molecular complexity index is 312. The van der Waals surface area contributed by atoms with E-state index in [0.717, 1.165) is 5.56 Å². The third kappa shape index (κ3) is 0.845. The lowest BCUT2D eigenvalue weighted by Crippen LogP contribution is -1.85. The molecule has 0 bridgehead atoms. The molecule has 0 saturated heterocycles. The smallest absolute Gasteiger partial charge is 0.119 e. The van der Waals surface area contributed by atoms with Crippen molar-refractivity contribution in [2.75, 3.05) is 0 Å². The monoisotopic (exact) mass is 146 g/mol.